The quantitative estimate of drug-likeness (QED) is 0.821. The number of nitrogens with one attached hydrogen (secondary N) is 1. The van der Waals surface area contributed by atoms with E-state index in [2.05, 4.69) is 35.4 Å². The third-order valence-corrected chi connectivity index (χ3v) is 2.70. The highest BCUT2D eigenvalue weighted by Crippen LogP contribution is 2.24. The van der Waals surface area contributed by atoms with E-state index in [1.807, 2.05) is 12.3 Å². The van der Waals surface area contributed by atoms with Crippen molar-refractivity contribution in [2.75, 3.05) is 18.4 Å². The predicted molar refractivity (Wildman–Crippen MR) is 68.7 cm³/mol. The summed E-state index contributed by atoms with van der Waals surface area (Å²) in [6, 6.07) is 8.30. The van der Waals surface area contributed by atoms with E-state index in [1.165, 1.54) is 10.9 Å². The number of fused-ring (bicyclic) bond motifs is 1. The maximum Gasteiger partial charge on any atom is 0.0754 e. The van der Waals surface area contributed by atoms with Crippen LogP contribution in [0.1, 0.15) is 12.5 Å². The zero-order valence-corrected chi connectivity index (χ0v) is 9.53. The zero-order chi connectivity index (χ0) is 11.4. The predicted octanol–water partition coefficient (Wildman–Crippen LogP) is 2.17. The second-order valence-electron chi connectivity index (χ2n) is 3.74. The van der Waals surface area contributed by atoms with E-state index < -0.39 is 0 Å². The first-order valence-corrected chi connectivity index (χ1v) is 5.67. The number of benzene rings is 1. The Morgan fingerprint density at radius 2 is 2.19 bits per heavy atom. The highest BCUT2D eigenvalue weighted by atomic mass is 14.9. The molecule has 0 unspecified atom stereocenters. The van der Waals surface area contributed by atoms with Gasteiger partial charge < -0.3 is 11.1 Å². The van der Waals surface area contributed by atoms with Crippen molar-refractivity contribution in [2.24, 2.45) is 5.73 Å². The van der Waals surface area contributed by atoms with Crippen molar-refractivity contribution >= 4 is 16.6 Å². The van der Waals surface area contributed by atoms with Crippen LogP contribution in [0.4, 0.5) is 5.69 Å². The Balaban J connectivity index is 2.51. The molecule has 0 saturated carbocycles. The first kappa shape index (κ1) is 10.9. The zero-order valence-electron chi connectivity index (χ0n) is 9.53. The summed E-state index contributed by atoms with van der Waals surface area (Å²) in [4.78, 5) is 4.45. The summed E-state index contributed by atoms with van der Waals surface area (Å²) < 4.78 is 0. The molecule has 1 aromatic heterocycles. The Morgan fingerprint density at radius 3 is 2.94 bits per heavy atom. The molecule has 3 nitrogen and oxygen atoms in total. The second-order valence-corrected chi connectivity index (χ2v) is 3.74. The van der Waals surface area contributed by atoms with Gasteiger partial charge in [-0.1, -0.05) is 25.1 Å². The highest BCUT2D eigenvalue weighted by molar-refractivity contribution is 5.92. The van der Waals surface area contributed by atoms with E-state index in [9.17, 15) is 0 Å². The fourth-order valence-electron chi connectivity index (χ4n) is 1.88. The third-order valence-electron chi connectivity index (χ3n) is 2.70. The number of nitrogens with zero attached hydrogens (tertiary/aromatic N) is 1. The minimum Gasteiger partial charge on any atom is -0.383 e. The average molecular weight is 215 g/mol. The van der Waals surface area contributed by atoms with Gasteiger partial charge in [0.2, 0.25) is 0 Å². The largest absolute Gasteiger partial charge is 0.383 e. The van der Waals surface area contributed by atoms with Gasteiger partial charge in [0.05, 0.1) is 5.52 Å². The SMILES string of the molecule is CCc1cccc2c(NCCN)ccnc12. The van der Waals surface area contributed by atoms with Gasteiger partial charge in [0.25, 0.3) is 0 Å². The second kappa shape index (κ2) is 4.94. The minimum absolute atomic E-state index is 0.636. The van der Waals surface area contributed by atoms with Crippen molar-refractivity contribution in [3.05, 3.63) is 36.0 Å². The van der Waals surface area contributed by atoms with Gasteiger partial charge >= 0.3 is 0 Å². The van der Waals surface area contributed by atoms with Crippen LogP contribution < -0.4 is 11.1 Å². The maximum atomic E-state index is 5.50. The molecule has 0 aliphatic rings. The van der Waals surface area contributed by atoms with Gasteiger partial charge in [0.1, 0.15) is 0 Å². The molecule has 0 atom stereocenters. The summed E-state index contributed by atoms with van der Waals surface area (Å²) in [5.74, 6) is 0. The number of anilines is 1. The molecule has 3 N–H and O–H groups in total. The molecule has 0 saturated heterocycles. The molecule has 0 fully saturated rings. The number of hydrogen-bond donors (Lipinski definition) is 2. The Bertz CT molecular complexity index is 480. The van der Waals surface area contributed by atoms with Crippen molar-refractivity contribution in [1.82, 2.24) is 4.98 Å². The molecular weight excluding hydrogens is 198 g/mol. The third kappa shape index (κ3) is 1.99. The van der Waals surface area contributed by atoms with Gasteiger partial charge in [-0.25, -0.2) is 0 Å². The van der Waals surface area contributed by atoms with E-state index in [-0.39, 0.29) is 0 Å². The molecule has 3 heteroatoms. The van der Waals surface area contributed by atoms with Crippen LogP contribution >= 0.6 is 0 Å². The molecule has 0 bridgehead atoms. The van der Waals surface area contributed by atoms with E-state index in [0.717, 1.165) is 24.2 Å². The maximum absolute atomic E-state index is 5.50. The molecule has 84 valence electrons. The number of pyridine rings is 1. The van der Waals surface area contributed by atoms with Crippen LogP contribution in [0, 0.1) is 0 Å². The van der Waals surface area contributed by atoms with Crippen molar-refractivity contribution < 1.29 is 0 Å². The molecule has 0 aliphatic heterocycles. The molecule has 2 rings (SSSR count). The van der Waals surface area contributed by atoms with Gasteiger partial charge in [-0.15, -0.1) is 0 Å². The number of hydrogen-bond acceptors (Lipinski definition) is 3. The number of aryl methyl sites for hydroxylation is 1. The molecule has 16 heavy (non-hydrogen) atoms. The highest BCUT2D eigenvalue weighted by Gasteiger charge is 2.03. The van der Waals surface area contributed by atoms with Gasteiger partial charge in [0.15, 0.2) is 0 Å². The number of nitrogens with two attached hydrogens (primary N) is 1. The van der Waals surface area contributed by atoms with Crippen molar-refractivity contribution in [1.29, 1.82) is 0 Å². The molecule has 0 spiro atoms. The topological polar surface area (TPSA) is 50.9 Å². The molecule has 0 amide bonds. The lowest BCUT2D eigenvalue weighted by atomic mass is 10.1. The first-order chi connectivity index (χ1) is 7.86. The Kier molecular flexibility index (Phi) is 3.37. The normalized spacial score (nSPS) is 10.6. The lowest BCUT2D eigenvalue weighted by Crippen LogP contribution is -2.13. The van der Waals surface area contributed by atoms with Crippen LogP contribution in [-0.4, -0.2) is 18.1 Å². The Hall–Kier alpha value is -1.61. The average Bonchev–Trinajstić information content (AvgIpc) is 2.35. The summed E-state index contributed by atoms with van der Waals surface area (Å²) in [5.41, 5.74) is 8.99. The smallest absolute Gasteiger partial charge is 0.0754 e. The van der Waals surface area contributed by atoms with Gasteiger partial charge in [0, 0.05) is 30.4 Å². The Labute approximate surface area is 95.7 Å². The van der Waals surface area contributed by atoms with E-state index >= 15 is 0 Å². The van der Waals surface area contributed by atoms with Crippen LogP contribution in [0.2, 0.25) is 0 Å². The van der Waals surface area contributed by atoms with Crippen LogP contribution in [0.25, 0.3) is 10.9 Å². The van der Waals surface area contributed by atoms with Crippen molar-refractivity contribution in [2.45, 2.75) is 13.3 Å². The van der Waals surface area contributed by atoms with Crippen LogP contribution in [0.5, 0.6) is 0 Å². The lowest BCUT2D eigenvalue weighted by Gasteiger charge is -2.10. The molecular formula is C13H17N3. The van der Waals surface area contributed by atoms with E-state index in [0.29, 0.717) is 6.54 Å². The number of aromatic nitrogens is 1. The van der Waals surface area contributed by atoms with Gasteiger partial charge in [-0.3, -0.25) is 4.98 Å². The minimum atomic E-state index is 0.636. The van der Waals surface area contributed by atoms with E-state index in [4.69, 9.17) is 5.73 Å². The fourth-order valence-corrected chi connectivity index (χ4v) is 1.88. The molecule has 0 aliphatic carbocycles. The van der Waals surface area contributed by atoms with Crippen molar-refractivity contribution in [3.63, 3.8) is 0 Å². The summed E-state index contributed by atoms with van der Waals surface area (Å²) in [6.07, 6.45) is 2.85. The van der Waals surface area contributed by atoms with Crippen molar-refractivity contribution in [3.8, 4) is 0 Å². The Morgan fingerprint density at radius 1 is 1.31 bits per heavy atom. The lowest BCUT2D eigenvalue weighted by molar-refractivity contribution is 1.03. The summed E-state index contributed by atoms with van der Waals surface area (Å²) in [6.45, 7) is 3.57. The summed E-state index contributed by atoms with van der Waals surface area (Å²) >= 11 is 0. The number of rotatable bonds is 4. The standard InChI is InChI=1S/C13H17N3/c1-2-10-4-3-5-11-12(15-9-7-14)6-8-16-13(10)11/h3-6,8H,2,7,9,14H2,1H3,(H,15,16). The summed E-state index contributed by atoms with van der Waals surface area (Å²) in [5, 5.41) is 4.50. The monoisotopic (exact) mass is 215 g/mol. The fraction of sp³-hybridized carbons (Fsp3) is 0.308. The van der Waals surface area contributed by atoms with E-state index in [1.54, 1.807) is 0 Å². The first-order valence-electron chi connectivity index (χ1n) is 5.67. The van der Waals surface area contributed by atoms with Crippen LogP contribution in [-0.2, 0) is 6.42 Å². The van der Waals surface area contributed by atoms with Crippen LogP contribution in [0.15, 0.2) is 30.5 Å². The molecule has 1 aromatic carbocycles. The van der Waals surface area contributed by atoms with Gasteiger partial charge in [-0.2, -0.15) is 0 Å². The van der Waals surface area contributed by atoms with Crippen LogP contribution in [0.3, 0.4) is 0 Å². The number of para-hydroxylation sites is 1. The summed E-state index contributed by atoms with van der Waals surface area (Å²) in [7, 11) is 0. The molecule has 2 aromatic rings. The molecule has 0 radical (unpaired) electrons. The molecule has 1 heterocycles. The van der Waals surface area contributed by atoms with Gasteiger partial charge in [-0.05, 0) is 18.1 Å².